The van der Waals surface area contributed by atoms with Crippen molar-refractivity contribution in [2.45, 2.75) is 18.8 Å². The van der Waals surface area contributed by atoms with Crippen molar-refractivity contribution >= 4 is 11.9 Å². The van der Waals surface area contributed by atoms with Gasteiger partial charge in [0, 0.05) is 12.5 Å². The van der Waals surface area contributed by atoms with Gasteiger partial charge in [-0.25, -0.2) is 8.78 Å². The maximum Gasteiger partial charge on any atom is 0.308 e. The van der Waals surface area contributed by atoms with Crippen molar-refractivity contribution in [3.8, 4) is 0 Å². The average Bonchev–Trinajstić information content (AvgIpc) is 3.41. The standard InChI is InChI=1S/C20H19F2NO3/c21-14-6-7-18(22)16(9-14)15-10-17(15)19(24)23-11-13(20(25)26)8-12-4-2-1-3-5-12/h1-7,9,13,15,17H,8,10-11H2,(H,23,24)(H,25,26). The quantitative estimate of drug-likeness (QED) is 0.798. The summed E-state index contributed by atoms with van der Waals surface area (Å²) in [5, 5.41) is 12.0. The molecule has 26 heavy (non-hydrogen) atoms. The summed E-state index contributed by atoms with van der Waals surface area (Å²) in [7, 11) is 0. The molecule has 0 saturated heterocycles. The molecule has 1 aliphatic carbocycles. The topological polar surface area (TPSA) is 66.4 Å². The van der Waals surface area contributed by atoms with Gasteiger partial charge in [0.05, 0.1) is 5.92 Å². The van der Waals surface area contributed by atoms with Crippen LogP contribution in [0.15, 0.2) is 48.5 Å². The van der Waals surface area contributed by atoms with E-state index in [4.69, 9.17) is 0 Å². The van der Waals surface area contributed by atoms with Gasteiger partial charge in [-0.05, 0) is 48.1 Å². The number of amides is 1. The first-order valence-corrected chi connectivity index (χ1v) is 8.45. The fourth-order valence-electron chi connectivity index (χ4n) is 3.13. The van der Waals surface area contributed by atoms with Crippen molar-refractivity contribution in [3.05, 3.63) is 71.3 Å². The van der Waals surface area contributed by atoms with Gasteiger partial charge in [0.1, 0.15) is 11.6 Å². The maximum absolute atomic E-state index is 13.8. The van der Waals surface area contributed by atoms with Crippen LogP contribution in [0.1, 0.15) is 23.5 Å². The molecule has 0 radical (unpaired) electrons. The van der Waals surface area contributed by atoms with Gasteiger partial charge < -0.3 is 10.4 Å². The van der Waals surface area contributed by atoms with Gasteiger partial charge in [0.25, 0.3) is 0 Å². The summed E-state index contributed by atoms with van der Waals surface area (Å²) in [6.07, 6.45) is 0.742. The molecule has 4 nitrogen and oxygen atoms in total. The van der Waals surface area contributed by atoms with Crippen LogP contribution in [0.4, 0.5) is 8.78 Å². The predicted octanol–water partition coefficient (Wildman–Crippen LogP) is 3.13. The number of hydrogen-bond acceptors (Lipinski definition) is 2. The van der Waals surface area contributed by atoms with E-state index in [1.165, 1.54) is 0 Å². The lowest BCUT2D eigenvalue weighted by Gasteiger charge is -2.13. The Morgan fingerprint density at radius 2 is 1.88 bits per heavy atom. The van der Waals surface area contributed by atoms with E-state index in [1.807, 2.05) is 30.3 Å². The van der Waals surface area contributed by atoms with E-state index in [0.29, 0.717) is 12.8 Å². The highest BCUT2D eigenvalue weighted by molar-refractivity contribution is 5.83. The fraction of sp³-hybridized carbons (Fsp3) is 0.300. The molecule has 2 N–H and O–H groups in total. The van der Waals surface area contributed by atoms with Crippen LogP contribution in [0.5, 0.6) is 0 Å². The van der Waals surface area contributed by atoms with Gasteiger partial charge in [-0.2, -0.15) is 0 Å². The number of halogens is 2. The number of carbonyl (C=O) groups is 2. The minimum Gasteiger partial charge on any atom is -0.481 e. The Hall–Kier alpha value is -2.76. The lowest BCUT2D eigenvalue weighted by Crippen LogP contribution is -2.35. The van der Waals surface area contributed by atoms with Crippen LogP contribution in [0.3, 0.4) is 0 Å². The molecular formula is C20H19F2NO3. The molecule has 0 bridgehead atoms. The van der Waals surface area contributed by atoms with Crippen LogP contribution in [0.2, 0.25) is 0 Å². The Labute approximate surface area is 149 Å². The van der Waals surface area contributed by atoms with E-state index in [-0.39, 0.29) is 23.9 Å². The summed E-state index contributed by atoms with van der Waals surface area (Å²) in [5.41, 5.74) is 1.07. The molecule has 0 aliphatic heterocycles. The van der Waals surface area contributed by atoms with Crippen molar-refractivity contribution in [1.29, 1.82) is 0 Å². The molecule has 3 atom stereocenters. The zero-order chi connectivity index (χ0) is 18.7. The van der Waals surface area contributed by atoms with Crippen LogP contribution in [0.25, 0.3) is 0 Å². The van der Waals surface area contributed by atoms with Gasteiger partial charge in [-0.3, -0.25) is 9.59 Å². The van der Waals surface area contributed by atoms with E-state index in [0.717, 1.165) is 23.8 Å². The molecular weight excluding hydrogens is 340 g/mol. The molecule has 6 heteroatoms. The molecule has 0 heterocycles. The summed E-state index contributed by atoms with van der Waals surface area (Å²) in [6, 6.07) is 12.4. The number of rotatable bonds is 7. The number of carbonyl (C=O) groups excluding carboxylic acids is 1. The normalized spacial score (nSPS) is 19.6. The third-order valence-corrected chi connectivity index (χ3v) is 4.68. The van der Waals surface area contributed by atoms with Gasteiger partial charge in [0.2, 0.25) is 5.91 Å². The summed E-state index contributed by atoms with van der Waals surface area (Å²) in [6.45, 7) is -0.00207. The lowest BCUT2D eigenvalue weighted by molar-refractivity contribution is -0.141. The first kappa shape index (κ1) is 18.0. The third kappa shape index (κ3) is 4.25. The Morgan fingerprint density at radius 3 is 2.58 bits per heavy atom. The number of hydrogen-bond donors (Lipinski definition) is 2. The molecule has 0 spiro atoms. The molecule has 1 amide bonds. The van der Waals surface area contributed by atoms with E-state index in [1.54, 1.807) is 0 Å². The van der Waals surface area contributed by atoms with Gasteiger partial charge >= 0.3 is 5.97 Å². The second kappa shape index (κ2) is 7.64. The van der Waals surface area contributed by atoms with E-state index in [9.17, 15) is 23.5 Å². The number of nitrogens with one attached hydrogen (secondary N) is 1. The molecule has 2 aromatic rings. The van der Waals surface area contributed by atoms with Crippen molar-refractivity contribution < 1.29 is 23.5 Å². The van der Waals surface area contributed by atoms with Crippen LogP contribution in [-0.4, -0.2) is 23.5 Å². The second-order valence-electron chi connectivity index (χ2n) is 6.58. The highest BCUT2D eigenvalue weighted by Crippen LogP contribution is 2.48. The monoisotopic (exact) mass is 359 g/mol. The SMILES string of the molecule is O=C(O)C(CNC(=O)C1CC1c1cc(F)ccc1F)Cc1ccccc1. The summed E-state index contributed by atoms with van der Waals surface area (Å²) < 4.78 is 27.1. The molecule has 1 fully saturated rings. The number of benzene rings is 2. The maximum atomic E-state index is 13.8. The van der Waals surface area contributed by atoms with Crippen LogP contribution >= 0.6 is 0 Å². The molecule has 2 aromatic carbocycles. The van der Waals surface area contributed by atoms with Gasteiger partial charge in [0.15, 0.2) is 0 Å². The van der Waals surface area contributed by atoms with Crippen molar-refractivity contribution in [3.63, 3.8) is 0 Å². The summed E-state index contributed by atoms with van der Waals surface area (Å²) >= 11 is 0. The van der Waals surface area contributed by atoms with E-state index >= 15 is 0 Å². The Bertz CT molecular complexity index is 810. The largest absolute Gasteiger partial charge is 0.481 e. The smallest absolute Gasteiger partial charge is 0.308 e. The number of carboxylic acids is 1. The highest BCUT2D eigenvalue weighted by atomic mass is 19.1. The lowest BCUT2D eigenvalue weighted by atomic mass is 9.99. The van der Waals surface area contributed by atoms with Crippen LogP contribution in [0, 0.1) is 23.5 Å². The molecule has 1 saturated carbocycles. The molecule has 3 unspecified atom stereocenters. The average molecular weight is 359 g/mol. The van der Waals surface area contributed by atoms with Gasteiger partial charge in [-0.1, -0.05) is 30.3 Å². The second-order valence-corrected chi connectivity index (χ2v) is 6.58. The molecule has 0 aromatic heterocycles. The Kier molecular flexibility index (Phi) is 5.30. The first-order chi connectivity index (χ1) is 12.5. The summed E-state index contributed by atoms with van der Waals surface area (Å²) in [4.78, 5) is 23.7. The van der Waals surface area contributed by atoms with Crippen molar-refractivity contribution in [2.24, 2.45) is 11.8 Å². The van der Waals surface area contributed by atoms with E-state index in [2.05, 4.69) is 5.32 Å². The van der Waals surface area contributed by atoms with Gasteiger partial charge in [-0.15, -0.1) is 0 Å². The van der Waals surface area contributed by atoms with Crippen molar-refractivity contribution in [1.82, 2.24) is 5.32 Å². The van der Waals surface area contributed by atoms with E-state index < -0.39 is 29.4 Å². The first-order valence-electron chi connectivity index (χ1n) is 8.45. The number of aliphatic carboxylic acids is 1. The highest BCUT2D eigenvalue weighted by Gasteiger charge is 2.45. The third-order valence-electron chi connectivity index (χ3n) is 4.68. The van der Waals surface area contributed by atoms with Crippen LogP contribution in [-0.2, 0) is 16.0 Å². The number of carboxylic acid groups (broad SMARTS) is 1. The minimum atomic E-state index is -0.988. The zero-order valence-corrected chi connectivity index (χ0v) is 14.0. The Balaban J connectivity index is 1.56. The molecule has 1 aliphatic rings. The Morgan fingerprint density at radius 1 is 1.15 bits per heavy atom. The zero-order valence-electron chi connectivity index (χ0n) is 14.0. The molecule has 136 valence electrons. The fourth-order valence-corrected chi connectivity index (χ4v) is 3.13. The molecule has 3 rings (SSSR count). The predicted molar refractivity (Wildman–Crippen MR) is 91.5 cm³/mol. The minimum absolute atomic E-state index is 0.00207. The van der Waals surface area contributed by atoms with Crippen LogP contribution < -0.4 is 5.32 Å². The van der Waals surface area contributed by atoms with Crippen molar-refractivity contribution in [2.75, 3.05) is 6.54 Å². The summed E-state index contributed by atoms with van der Waals surface area (Å²) in [5.74, 6) is -3.93.